The molecule has 0 bridgehead atoms. The zero-order valence-corrected chi connectivity index (χ0v) is 12.9. The van der Waals surface area contributed by atoms with Gasteiger partial charge in [-0.1, -0.05) is 19.1 Å². The zero-order chi connectivity index (χ0) is 17.1. The molecule has 0 saturated carbocycles. The smallest absolute Gasteiger partial charge is 0.299 e. The molecule has 1 aromatic carbocycles. The van der Waals surface area contributed by atoms with Crippen molar-refractivity contribution in [1.82, 2.24) is 10.2 Å². The van der Waals surface area contributed by atoms with Gasteiger partial charge in [-0.3, -0.25) is 4.79 Å². The number of rotatable bonds is 5. The fraction of sp³-hybridized carbons (Fsp3) is 0.250. The first kappa shape index (κ1) is 18.1. The van der Waals surface area contributed by atoms with E-state index in [1.807, 2.05) is 38.2 Å². The molecule has 1 heterocycles. The van der Waals surface area contributed by atoms with Crippen LogP contribution in [0.1, 0.15) is 24.1 Å². The minimum absolute atomic E-state index is 0.0824. The molecule has 2 aromatic rings. The number of aliphatic hydroxyl groups is 1. The van der Waals surface area contributed by atoms with Gasteiger partial charge in [0.25, 0.3) is 6.47 Å². The van der Waals surface area contributed by atoms with Crippen molar-refractivity contribution in [1.29, 1.82) is 5.26 Å². The van der Waals surface area contributed by atoms with Crippen LogP contribution in [0.4, 0.5) is 5.69 Å². The van der Waals surface area contributed by atoms with E-state index >= 15 is 0 Å². The number of aromatic nitrogens is 2. The second kappa shape index (κ2) is 9.87. The van der Waals surface area contributed by atoms with Crippen LogP contribution in [-0.2, 0) is 4.79 Å². The minimum Gasteiger partial charge on any atom is -0.408 e. The van der Waals surface area contributed by atoms with E-state index in [-0.39, 0.29) is 30.6 Å². The van der Waals surface area contributed by atoms with Gasteiger partial charge in [-0.25, -0.2) is 0 Å². The van der Waals surface area contributed by atoms with E-state index in [0.717, 1.165) is 5.69 Å². The summed E-state index contributed by atoms with van der Waals surface area (Å²) in [5.74, 6) is 0.315. The Morgan fingerprint density at radius 3 is 2.43 bits per heavy atom. The van der Waals surface area contributed by atoms with Crippen molar-refractivity contribution < 1.29 is 14.6 Å². The SMILES string of the molecule is CNc1ccc(C(C)CO)cc1.N#Cc1ccc(OC=O)nn1. The van der Waals surface area contributed by atoms with E-state index in [1.54, 1.807) is 6.07 Å². The van der Waals surface area contributed by atoms with Crippen molar-refractivity contribution in [2.45, 2.75) is 12.8 Å². The Morgan fingerprint density at radius 2 is 2.00 bits per heavy atom. The third-order valence-corrected chi connectivity index (χ3v) is 2.97. The van der Waals surface area contributed by atoms with Crippen molar-refractivity contribution in [3.8, 4) is 11.9 Å². The first-order valence-corrected chi connectivity index (χ1v) is 6.87. The van der Waals surface area contributed by atoms with Gasteiger partial charge in [-0.2, -0.15) is 5.26 Å². The molecule has 0 amide bonds. The quantitative estimate of drug-likeness (QED) is 0.809. The summed E-state index contributed by atoms with van der Waals surface area (Å²) >= 11 is 0. The molecule has 0 aliphatic heterocycles. The summed E-state index contributed by atoms with van der Waals surface area (Å²) in [6, 6.07) is 12.7. The molecule has 2 N–H and O–H groups in total. The molecule has 0 radical (unpaired) electrons. The Morgan fingerprint density at radius 1 is 1.30 bits per heavy atom. The molecule has 1 aromatic heterocycles. The average molecular weight is 314 g/mol. The molecule has 0 aliphatic carbocycles. The predicted molar refractivity (Wildman–Crippen MR) is 84.9 cm³/mol. The van der Waals surface area contributed by atoms with Crippen LogP contribution in [0.2, 0.25) is 0 Å². The van der Waals surface area contributed by atoms with Crippen LogP contribution in [-0.4, -0.2) is 35.4 Å². The predicted octanol–water partition coefficient (Wildman–Crippen LogP) is 1.71. The number of hydrogen-bond donors (Lipinski definition) is 2. The highest BCUT2D eigenvalue weighted by Gasteiger charge is 2.02. The highest BCUT2D eigenvalue weighted by atomic mass is 16.5. The molecular weight excluding hydrogens is 296 g/mol. The monoisotopic (exact) mass is 314 g/mol. The number of hydrogen-bond acceptors (Lipinski definition) is 7. The number of nitrogens with zero attached hydrogens (tertiary/aromatic N) is 3. The lowest BCUT2D eigenvalue weighted by Gasteiger charge is -2.08. The second-order valence-corrected chi connectivity index (χ2v) is 4.54. The summed E-state index contributed by atoms with van der Waals surface area (Å²) in [5.41, 5.74) is 2.46. The Kier molecular flexibility index (Phi) is 7.75. The van der Waals surface area contributed by atoms with Crippen LogP contribution >= 0.6 is 0 Å². The highest BCUT2D eigenvalue weighted by molar-refractivity contribution is 5.44. The Balaban J connectivity index is 0.000000231. The van der Waals surface area contributed by atoms with Crippen molar-refractivity contribution in [3.63, 3.8) is 0 Å². The molecule has 7 nitrogen and oxygen atoms in total. The van der Waals surface area contributed by atoms with E-state index < -0.39 is 0 Å². The molecule has 1 atom stereocenters. The van der Waals surface area contributed by atoms with Crippen molar-refractivity contribution in [3.05, 3.63) is 47.7 Å². The molecule has 1 unspecified atom stereocenters. The third-order valence-electron chi connectivity index (χ3n) is 2.97. The molecule has 23 heavy (non-hydrogen) atoms. The molecular formula is C16H18N4O3. The fourth-order valence-corrected chi connectivity index (χ4v) is 1.58. The van der Waals surface area contributed by atoms with Gasteiger partial charge < -0.3 is 15.2 Å². The molecule has 0 saturated heterocycles. The molecule has 0 fully saturated rings. The lowest BCUT2D eigenvalue weighted by atomic mass is 10.0. The van der Waals surface area contributed by atoms with Crippen LogP contribution in [0.25, 0.3) is 0 Å². The largest absolute Gasteiger partial charge is 0.408 e. The van der Waals surface area contributed by atoms with Crippen LogP contribution < -0.4 is 10.1 Å². The summed E-state index contributed by atoms with van der Waals surface area (Å²) in [4.78, 5) is 9.77. The topological polar surface area (TPSA) is 108 Å². The highest BCUT2D eigenvalue weighted by Crippen LogP contribution is 2.16. The van der Waals surface area contributed by atoms with E-state index in [9.17, 15) is 4.79 Å². The number of benzene rings is 1. The van der Waals surface area contributed by atoms with E-state index in [1.165, 1.54) is 17.7 Å². The Hall–Kier alpha value is -2.98. The zero-order valence-electron chi connectivity index (χ0n) is 12.9. The van der Waals surface area contributed by atoms with Crippen LogP contribution in [0.5, 0.6) is 5.88 Å². The molecule has 0 spiro atoms. The lowest BCUT2D eigenvalue weighted by Crippen LogP contribution is -1.98. The fourth-order valence-electron chi connectivity index (χ4n) is 1.58. The van der Waals surface area contributed by atoms with Crippen LogP contribution in [0.15, 0.2) is 36.4 Å². The number of ether oxygens (including phenoxy) is 1. The average Bonchev–Trinajstić information content (AvgIpc) is 2.62. The van der Waals surface area contributed by atoms with Gasteiger partial charge in [0.1, 0.15) is 6.07 Å². The second-order valence-electron chi connectivity index (χ2n) is 4.54. The summed E-state index contributed by atoms with van der Waals surface area (Å²) in [6.07, 6.45) is 0. The number of nitrogens with one attached hydrogen (secondary N) is 1. The summed E-state index contributed by atoms with van der Waals surface area (Å²) in [6.45, 7) is 2.46. The van der Waals surface area contributed by atoms with E-state index in [0.29, 0.717) is 0 Å². The van der Waals surface area contributed by atoms with Crippen molar-refractivity contribution in [2.75, 3.05) is 19.0 Å². The molecule has 7 heteroatoms. The van der Waals surface area contributed by atoms with Gasteiger partial charge >= 0.3 is 0 Å². The first-order chi connectivity index (χ1) is 11.1. The van der Waals surface area contributed by atoms with Gasteiger partial charge in [-0.05, 0) is 23.8 Å². The molecule has 120 valence electrons. The Bertz CT molecular complexity index is 636. The van der Waals surface area contributed by atoms with Gasteiger partial charge in [0.15, 0.2) is 5.69 Å². The van der Waals surface area contributed by atoms with E-state index in [4.69, 9.17) is 10.4 Å². The summed E-state index contributed by atoms with van der Waals surface area (Å²) in [7, 11) is 1.89. The lowest BCUT2D eigenvalue weighted by molar-refractivity contribution is -0.121. The maximum absolute atomic E-state index is 9.77. The van der Waals surface area contributed by atoms with Crippen LogP contribution in [0, 0.1) is 11.3 Å². The number of carbonyl (C=O) groups is 1. The minimum atomic E-state index is 0.0824. The number of nitriles is 1. The number of carbonyl (C=O) groups excluding carboxylic acids is 1. The summed E-state index contributed by atoms with van der Waals surface area (Å²) in [5, 5.41) is 27.1. The van der Waals surface area contributed by atoms with Gasteiger partial charge in [0, 0.05) is 31.3 Å². The van der Waals surface area contributed by atoms with Crippen LogP contribution in [0.3, 0.4) is 0 Å². The normalized spacial score (nSPS) is 10.5. The van der Waals surface area contributed by atoms with Gasteiger partial charge in [0.05, 0.1) is 0 Å². The van der Waals surface area contributed by atoms with Crippen molar-refractivity contribution >= 4 is 12.2 Å². The van der Waals surface area contributed by atoms with E-state index in [2.05, 4.69) is 20.3 Å². The molecule has 2 rings (SSSR count). The number of anilines is 1. The van der Waals surface area contributed by atoms with Gasteiger partial charge in [0.2, 0.25) is 5.88 Å². The first-order valence-electron chi connectivity index (χ1n) is 6.87. The number of aliphatic hydroxyl groups excluding tert-OH is 1. The molecule has 0 aliphatic rings. The maximum Gasteiger partial charge on any atom is 0.299 e. The third kappa shape index (κ3) is 6.11. The standard InChI is InChI=1S/C10H15NO.C6H3N3O2/c1-8(7-12)9-3-5-10(11-2)6-4-9;7-3-5-1-2-6(9-8-5)11-4-10/h3-6,8,11-12H,7H2,1-2H3;1-2,4H. The Labute approximate surface area is 134 Å². The van der Waals surface area contributed by atoms with Gasteiger partial charge in [-0.15, -0.1) is 10.2 Å². The summed E-state index contributed by atoms with van der Waals surface area (Å²) < 4.78 is 4.34. The van der Waals surface area contributed by atoms with Crippen molar-refractivity contribution in [2.24, 2.45) is 0 Å². The maximum atomic E-state index is 9.77.